The van der Waals surface area contributed by atoms with Crippen LogP contribution < -0.4 is 4.74 Å². The van der Waals surface area contributed by atoms with Crippen molar-refractivity contribution in [3.63, 3.8) is 0 Å². The molecule has 0 aliphatic heterocycles. The van der Waals surface area contributed by atoms with Crippen molar-refractivity contribution < 1.29 is 4.74 Å². The number of fused-ring (bicyclic) bond motifs is 1. The molecular weight excluding hydrogens is 356 g/mol. The molecule has 0 aliphatic rings. The summed E-state index contributed by atoms with van der Waals surface area (Å²) in [7, 11) is 0. The number of rotatable bonds is 7. The molecule has 136 valence electrons. The van der Waals surface area contributed by atoms with Crippen molar-refractivity contribution in [2.45, 2.75) is 19.4 Å². The molecule has 1 heterocycles. The van der Waals surface area contributed by atoms with Gasteiger partial charge in [-0.15, -0.1) is 0 Å². The second-order valence-corrected chi connectivity index (χ2v) is 6.89. The molecule has 0 unspecified atom stereocenters. The third-order valence-electron chi connectivity index (χ3n) is 4.54. The number of para-hydroxylation sites is 3. The van der Waals surface area contributed by atoms with Gasteiger partial charge in [0.05, 0.1) is 17.6 Å². The normalized spacial score (nSPS) is 11.0. The maximum atomic E-state index is 6.05. The van der Waals surface area contributed by atoms with Gasteiger partial charge in [-0.2, -0.15) is 0 Å². The van der Waals surface area contributed by atoms with Crippen molar-refractivity contribution in [3.05, 3.63) is 83.9 Å². The number of unbranched alkanes of at least 4 members (excludes halogenated alkanes) is 1. The fourth-order valence-corrected chi connectivity index (χ4v) is 3.33. The zero-order valence-corrected chi connectivity index (χ0v) is 15.8. The average Bonchev–Trinajstić information content (AvgIpc) is 3.08. The summed E-state index contributed by atoms with van der Waals surface area (Å²) in [5.74, 6) is 1.91. The van der Waals surface area contributed by atoms with E-state index < -0.39 is 0 Å². The standard InChI is InChI=1S/C23H21ClN2O/c24-19-14-12-18(13-15-19)23-25-21-10-4-5-11-22(21)26(23)16-6-7-17-27-20-8-2-1-3-9-20/h1-5,8-15H,6-7,16-17H2. The molecule has 0 saturated carbocycles. The molecule has 4 aromatic rings. The quantitative estimate of drug-likeness (QED) is 0.358. The molecule has 0 amide bonds. The number of halogens is 1. The lowest BCUT2D eigenvalue weighted by Crippen LogP contribution is -2.04. The topological polar surface area (TPSA) is 27.1 Å². The van der Waals surface area contributed by atoms with Crippen LogP contribution in [-0.4, -0.2) is 16.2 Å². The van der Waals surface area contributed by atoms with Crippen LogP contribution in [0.5, 0.6) is 5.75 Å². The Labute approximate surface area is 164 Å². The summed E-state index contributed by atoms with van der Waals surface area (Å²) in [6.45, 7) is 1.61. The van der Waals surface area contributed by atoms with E-state index in [1.807, 2.05) is 60.7 Å². The second-order valence-electron chi connectivity index (χ2n) is 6.45. The molecule has 0 atom stereocenters. The van der Waals surface area contributed by atoms with Crippen molar-refractivity contribution in [2.75, 3.05) is 6.61 Å². The number of nitrogens with zero attached hydrogens (tertiary/aromatic N) is 2. The van der Waals surface area contributed by atoms with Crippen molar-refractivity contribution in [3.8, 4) is 17.1 Å². The molecule has 0 bridgehead atoms. The lowest BCUT2D eigenvalue weighted by Gasteiger charge is -2.10. The fraction of sp³-hybridized carbons (Fsp3) is 0.174. The first-order valence-corrected chi connectivity index (χ1v) is 9.58. The summed E-state index contributed by atoms with van der Waals surface area (Å²) in [6.07, 6.45) is 2.01. The van der Waals surface area contributed by atoms with Gasteiger partial charge in [0, 0.05) is 17.1 Å². The highest BCUT2D eigenvalue weighted by Crippen LogP contribution is 2.26. The molecule has 27 heavy (non-hydrogen) atoms. The largest absolute Gasteiger partial charge is 0.494 e. The van der Waals surface area contributed by atoms with Crippen LogP contribution in [-0.2, 0) is 6.54 Å². The zero-order chi connectivity index (χ0) is 18.5. The summed E-state index contributed by atoms with van der Waals surface area (Å²) >= 11 is 6.05. The molecule has 0 fully saturated rings. The summed E-state index contributed by atoms with van der Waals surface area (Å²) in [5.41, 5.74) is 3.26. The molecule has 0 saturated heterocycles. The van der Waals surface area contributed by atoms with E-state index in [0.717, 1.165) is 52.6 Å². The van der Waals surface area contributed by atoms with Gasteiger partial charge in [-0.3, -0.25) is 0 Å². The van der Waals surface area contributed by atoms with Gasteiger partial charge in [0.25, 0.3) is 0 Å². The number of aryl methyl sites for hydroxylation is 1. The van der Waals surface area contributed by atoms with Crippen molar-refractivity contribution in [1.82, 2.24) is 9.55 Å². The highest BCUT2D eigenvalue weighted by Gasteiger charge is 2.12. The minimum Gasteiger partial charge on any atom is -0.494 e. The minimum atomic E-state index is 0.715. The number of hydrogen-bond donors (Lipinski definition) is 0. The van der Waals surface area contributed by atoms with Crippen LogP contribution in [0.3, 0.4) is 0 Å². The zero-order valence-electron chi connectivity index (χ0n) is 15.0. The van der Waals surface area contributed by atoms with Crippen LogP contribution >= 0.6 is 11.6 Å². The van der Waals surface area contributed by atoms with E-state index in [2.05, 4.69) is 22.8 Å². The van der Waals surface area contributed by atoms with Crippen LogP contribution in [0.15, 0.2) is 78.9 Å². The highest BCUT2D eigenvalue weighted by molar-refractivity contribution is 6.30. The first-order valence-electron chi connectivity index (χ1n) is 9.20. The Balaban J connectivity index is 1.48. The molecule has 1 aromatic heterocycles. The van der Waals surface area contributed by atoms with Gasteiger partial charge in [-0.1, -0.05) is 41.9 Å². The summed E-state index contributed by atoms with van der Waals surface area (Å²) < 4.78 is 8.09. The maximum absolute atomic E-state index is 6.05. The Kier molecular flexibility index (Phi) is 5.40. The molecular formula is C23H21ClN2O. The average molecular weight is 377 g/mol. The first kappa shape index (κ1) is 17.6. The SMILES string of the molecule is Clc1ccc(-c2nc3ccccc3n2CCCCOc2ccccc2)cc1. The molecule has 3 nitrogen and oxygen atoms in total. The Morgan fingerprint density at radius 2 is 1.56 bits per heavy atom. The van der Waals surface area contributed by atoms with Crippen LogP contribution in [0.2, 0.25) is 5.02 Å². The fourth-order valence-electron chi connectivity index (χ4n) is 3.20. The summed E-state index contributed by atoms with van der Waals surface area (Å²) in [4.78, 5) is 4.85. The predicted octanol–water partition coefficient (Wildman–Crippen LogP) is 6.22. The number of benzene rings is 3. The van der Waals surface area contributed by atoms with Crippen molar-refractivity contribution in [2.24, 2.45) is 0 Å². The van der Waals surface area contributed by atoms with Crippen LogP contribution in [0.4, 0.5) is 0 Å². The van der Waals surface area contributed by atoms with E-state index >= 15 is 0 Å². The first-order chi connectivity index (χ1) is 13.3. The van der Waals surface area contributed by atoms with E-state index in [1.165, 1.54) is 0 Å². The van der Waals surface area contributed by atoms with Gasteiger partial charge in [0.15, 0.2) is 0 Å². The molecule has 3 aromatic carbocycles. The van der Waals surface area contributed by atoms with E-state index in [9.17, 15) is 0 Å². The molecule has 4 rings (SSSR count). The molecule has 0 N–H and O–H groups in total. The predicted molar refractivity (Wildman–Crippen MR) is 111 cm³/mol. The van der Waals surface area contributed by atoms with Gasteiger partial charge in [0.2, 0.25) is 0 Å². The van der Waals surface area contributed by atoms with E-state index in [0.29, 0.717) is 6.61 Å². The minimum absolute atomic E-state index is 0.715. The highest BCUT2D eigenvalue weighted by atomic mass is 35.5. The monoisotopic (exact) mass is 376 g/mol. The summed E-state index contributed by atoms with van der Waals surface area (Å²) in [6, 6.07) is 26.1. The van der Waals surface area contributed by atoms with E-state index in [4.69, 9.17) is 21.3 Å². The molecule has 0 radical (unpaired) electrons. The Bertz CT molecular complexity index is 1010. The van der Waals surface area contributed by atoms with Crippen LogP contribution in [0.25, 0.3) is 22.4 Å². The van der Waals surface area contributed by atoms with Crippen molar-refractivity contribution in [1.29, 1.82) is 0 Å². The molecule has 0 spiro atoms. The van der Waals surface area contributed by atoms with Gasteiger partial charge in [-0.05, 0) is 61.4 Å². The number of imidazole rings is 1. The van der Waals surface area contributed by atoms with E-state index in [1.54, 1.807) is 0 Å². The van der Waals surface area contributed by atoms with E-state index in [-0.39, 0.29) is 0 Å². The Morgan fingerprint density at radius 3 is 2.37 bits per heavy atom. The maximum Gasteiger partial charge on any atom is 0.141 e. The number of hydrogen-bond acceptors (Lipinski definition) is 2. The molecule has 4 heteroatoms. The van der Waals surface area contributed by atoms with Crippen LogP contribution in [0, 0.1) is 0 Å². The van der Waals surface area contributed by atoms with Gasteiger partial charge in [0.1, 0.15) is 11.6 Å². The third kappa shape index (κ3) is 4.15. The van der Waals surface area contributed by atoms with Gasteiger partial charge >= 0.3 is 0 Å². The lowest BCUT2D eigenvalue weighted by atomic mass is 10.2. The van der Waals surface area contributed by atoms with Gasteiger partial charge < -0.3 is 9.30 Å². The van der Waals surface area contributed by atoms with Crippen molar-refractivity contribution >= 4 is 22.6 Å². The Morgan fingerprint density at radius 1 is 0.815 bits per heavy atom. The smallest absolute Gasteiger partial charge is 0.141 e. The summed E-state index contributed by atoms with van der Waals surface area (Å²) in [5, 5.41) is 0.736. The molecule has 0 aliphatic carbocycles. The van der Waals surface area contributed by atoms with Gasteiger partial charge in [-0.25, -0.2) is 4.98 Å². The third-order valence-corrected chi connectivity index (χ3v) is 4.80. The van der Waals surface area contributed by atoms with Crippen LogP contribution in [0.1, 0.15) is 12.8 Å². The second kappa shape index (κ2) is 8.28. The number of ether oxygens (including phenoxy) is 1. The number of aromatic nitrogens is 2. The Hall–Kier alpha value is -2.78. The lowest BCUT2D eigenvalue weighted by molar-refractivity contribution is 0.303.